The Morgan fingerprint density at radius 1 is 1.19 bits per heavy atom. The molecule has 1 saturated heterocycles. The van der Waals surface area contributed by atoms with Crippen LogP contribution in [0, 0.1) is 0 Å². The summed E-state index contributed by atoms with van der Waals surface area (Å²) in [5.74, 6) is 0.902. The summed E-state index contributed by atoms with van der Waals surface area (Å²) in [6, 6.07) is 12.3. The Bertz CT molecular complexity index is 792. The number of aromatic nitrogens is 4. The van der Waals surface area contributed by atoms with Gasteiger partial charge in [-0.3, -0.25) is 0 Å². The molecule has 0 aliphatic carbocycles. The topological polar surface area (TPSA) is 55.1 Å². The minimum atomic E-state index is 0.255. The number of fused-ring (bicyclic) bond motifs is 1. The second kappa shape index (κ2) is 5.20. The molecule has 1 aromatic carbocycles. The molecule has 0 amide bonds. The maximum Gasteiger partial charge on any atom is 0.178 e. The predicted molar refractivity (Wildman–Crippen MR) is 83.9 cm³/mol. The summed E-state index contributed by atoms with van der Waals surface area (Å²) < 4.78 is 2.91. The van der Waals surface area contributed by atoms with E-state index in [4.69, 9.17) is 5.10 Å². The van der Waals surface area contributed by atoms with Gasteiger partial charge in [0.05, 0.1) is 11.7 Å². The first kappa shape index (κ1) is 12.9. The van der Waals surface area contributed by atoms with Gasteiger partial charge < -0.3 is 5.32 Å². The van der Waals surface area contributed by atoms with Crippen LogP contribution < -0.4 is 5.32 Å². The lowest BCUT2D eigenvalue weighted by atomic mass is 10.1. The molecule has 3 heterocycles. The Labute approximate surface area is 130 Å². The van der Waals surface area contributed by atoms with Crippen molar-refractivity contribution in [3.8, 4) is 11.3 Å². The van der Waals surface area contributed by atoms with Gasteiger partial charge in [-0.15, -0.1) is 10.2 Å². The van der Waals surface area contributed by atoms with Crippen LogP contribution in [-0.4, -0.2) is 26.4 Å². The molecule has 1 atom stereocenters. The lowest BCUT2D eigenvalue weighted by molar-refractivity contribution is 0.585. The van der Waals surface area contributed by atoms with Gasteiger partial charge in [-0.25, -0.2) is 0 Å². The van der Waals surface area contributed by atoms with Gasteiger partial charge in [-0.1, -0.05) is 28.1 Å². The molecule has 2 aromatic heterocycles. The Morgan fingerprint density at radius 3 is 2.95 bits per heavy atom. The van der Waals surface area contributed by atoms with Crippen molar-refractivity contribution >= 4 is 21.6 Å². The molecule has 5 nitrogen and oxygen atoms in total. The van der Waals surface area contributed by atoms with E-state index in [9.17, 15) is 0 Å². The van der Waals surface area contributed by atoms with E-state index in [1.54, 1.807) is 0 Å². The van der Waals surface area contributed by atoms with Crippen LogP contribution in [0.4, 0.5) is 0 Å². The number of benzene rings is 1. The Balaban J connectivity index is 1.83. The zero-order valence-electron chi connectivity index (χ0n) is 11.3. The molecule has 0 saturated carbocycles. The summed E-state index contributed by atoms with van der Waals surface area (Å²) in [4.78, 5) is 0. The Kier molecular flexibility index (Phi) is 3.20. The summed E-state index contributed by atoms with van der Waals surface area (Å²) in [5, 5.41) is 16.7. The highest BCUT2D eigenvalue weighted by Gasteiger charge is 2.22. The van der Waals surface area contributed by atoms with Crippen molar-refractivity contribution in [2.45, 2.75) is 18.9 Å². The van der Waals surface area contributed by atoms with Crippen LogP contribution in [-0.2, 0) is 0 Å². The van der Waals surface area contributed by atoms with Gasteiger partial charge in [0.25, 0.3) is 0 Å². The lowest BCUT2D eigenvalue weighted by Crippen LogP contribution is -2.16. The van der Waals surface area contributed by atoms with E-state index in [0.29, 0.717) is 0 Å². The fourth-order valence-corrected chi connectivity index (χ4v) is 3.13. The van der Waals surface area contributed by atoms with Crippen molar-refractivity contribution in [1.82, 2.24) is 25.1 Å². The van der Waals surface area contributed by atoms with Crippen LogP contribution in [0.1, 0.15) is 24.7 Å². The number of hydrogen-bond donors (Lipinski definition) is 1. The number of halogens is 1. The minimum Gasteiger partial charge on any atom is -0.307 e. The second-order valence-corrected chi connectivity index (χ2v) is 6.12. The molecule has 106 valence electrons. The summed E-state index contributed by atoms with van der Waals surface area (Å²) >= 11 is 3.50. The van der Waals surface area contributed by atoms with Gasteiger partial charge >= 0.3 is 0 Å². The van der Waals surface area contributed by atoms with Crippen molar-refractivity contribution in [2.75, 3.05) is 6.54 Å². The van der Waals surface area contributed by atoms with E-state index in [1.165, 1.54) is 6.42 Å². The number of nitrogens with zero attached hydrogens (tertiary/aromatic N) is 4. The monoisotopic (exact) mass is 343 g/mol. The molecule has 4 rings (SSSR count). The Hall–Kier alpha value is -1.79. The van der Waals surface area contributed by atoms with Crippen molar-refractivity contribution in [2.24, 2.45) is 0 Å². The van der Waals surface area contributed by atoms with Crippen molar-refractivity contribution < 1.29 is 0 Å². The van der Waals surface area contributed by atoms with Gasteiger partial charge in [0.15, 0.2) is 11.5 Å². The third-order valence-electron chi connectivity index (χ3n) is 3.78. The van der Waals surface area contributed by atoms with Gasteiger partial charge in [0.1, 0.15) is 0 Å². The van der Waals surface area contributed by atoms with Gasteiger partial charge in [0, 0.05) is 10.0 Å². The van der Waals surface area contributed by atoms with E-state index in [-0.39, 0.29) is 6.04 Å². The number of hydrogen-bond acceptors (Lipinski definition) is 4. The molecule has 1 aliphatic heterocycles. The fraction of sp³-hybridized carbons (Fsp3) is 0.267. The summed E-state index contributed by atoms with van der Waals surface area (Å²) in [6.07, 6.45) is 2.26. The average Bonchev–Trinajstić information content (AvgIpc) is 3.15. The van der Waals surface area contributed by atoms with E-state index in [0.717, 1.165) is 40.2 Å². The molecule has 1 fully saturated rings. The van der Waals surface area contributed by atoms with Crippen LogP contribution in [0.3, 0.4) is 0 Å². The zero-order chi connectivity index (χ0) is 14.2. The first-order valence-corrected chi connectivity index (χ1v) is 7.82. The maximum absolute atomic E-state index is 4.72. The van der Waals surface area contributed by atoms with Gasteiger partial charge in [-0.2, -0.15) is 9.61 Å². The quantitative estimate of drug-likeness (QED) is 0.777. The molecular weight excluding hydrogens is 330 g/mol. The fourth-order valence-electron chi connectivity index (χ4n) is 2.73. The third-order valence-corrected chi connectivity index (χ3v) is 4.27. The lowest BCUT2D eigenvalue weighted by Gasteiger charge is -2.08. The summed E-state index contributed by atoms with van der Waals surface area (Å²) in [5.41, 5.74) is 2.78. The van der Waals surface area contributed by atoms with E-state index in [2.05, 4.69) is 43.6 Å². The highest BCUT2D eigenvalue weighted by molar-refractivity contribution is 9.10. The third kappa shape index (κ3) is 2.34. The molecular formula is C15H14BrN5. The predicted octanol–water partition coefficient (Wildman–Crippen LogP) is 2.98. The second-order valence-electron chi connectivity index (χ2n) is 5.21. The van der Waals surface area contributed by atoms with Crippen LogP contribution in [0.2, 0.25) is 0 Å². The smallest absolute Gasteiger partial charge is 0.178 e. The van der Waals surface area contributed by atoms with Gasteiger partial charge in [-0.05, 0) is 43.7 Å². The highest BCUT2D eigenvalue weighted by Crippen LogP contribution is 2.24. The van der Waals surface area contributed by atoms with Crippen LogP contribution in [0.5, 0.6) is 0 Å². The molecule has 0 unspecified atom stereocenters. The largest absolute Gasteiger partial charge is 0.307 e. The molecule has 3 aromatic rings. The summed E-state index contributed by atoms with van der Waals surface area (Å²) in [6.45, 7) is 1.03. The van der Waals surface area contributed by atoms with E-state index < -0.39 is 0 Å². The van der Waals surface area contributed by atoms with Crippen molar-refractivity contribution in [3.05, 3.63) is 46.7 Å². The summed E-state index contributed by atoms with van der Waals surface area (Å²) in [7, 11) is 0. The molecule has 0 radical (unpaired) electrons. The molecule has 1 aliphatic rings. The minimum absolute atomic E-state index is 0.255. The Morgan fingerprint density at radius 2 is 2.14 bits per heavy atom. The van der Waals surface area contributed by atoms with E-state index >= 15 is 0 Å². The molecule has 1 N–H and O–H groups in total. The maximum atomic E-state index is 4.72. The zero-order valence-corrected chi connectivity index (χ0v) is 12.9. The van der Waals surface area contributed by atoms with Crippen LogP contribution >= 0.6 is 15.9 Å². The van der Waals surface area contributed by atoms with Gasteiger partial charge in [0.2, 0.25) is 0 Å². The molecule has 0 spiro atoms. The first-order chi connectivity index (χ1) is 10.3. The number of nitrogens with one attached hydrogen (secondary N) is 1. The van der Waals surface area contributed by atoms with Crippen molar-refractivity contribution in [3.63, 3.8) is 0 Å². The van der Waals surface area contributed by atoms with Crippen LogP contribution in [0.25, 0.3) is 16.9 Å². The van der Waals surface area contributed by atoms with E-state index in [1.807, 2.05) is 28.8 Å². The average molecular weight is 344 g/mol. The standard InChI is InChI=1S/C15H14BrN5/c16-11-4-1-3-10(9-11)12-6-7-14-18-19-15(21(14)20-12)13-5-2-8-17-13/h1,3-4,6-7,9,13,17H,2,5,8H2/t13-/m1/s1. The highest BCUT2D eigenvalue weighted by atomic mass is 79.9. The van der Waals surface area contributed by atoms with Crippen molar-refractivity contribution in [1.29, 1.82) is 0 Å². The SMILES string of the molecule is Brc1cccc(-c2ccc3nnc([C@H]4CCCN4)n3n2)c1. The van der Waals surface area contributed by atoms with Crippen LogP contribution in [0.15, 0.2) is 40.9 Å². The normalized spacial score (nSPS) is 18.4. The molecule has 6 heteroatoms. The number of rotatable bonds is 2. The first-order valence-electron chi connectivity index (χ1n) is 7.03. The molecule has 21 heavy (non-hydrogen) atoms. The molecule has 0 bridgehead atoms.